The number of thiazole rings is 1. The molecule has 0 saturated carbocycles. The van der Waals surface area contributed by atoms with Gasteiger partial charge in [0.25, 0.3) is 0 Å². The van der Waals surface area contributed by atoms with E-state index in [9.17, 15) is 4.79 Å². The van der Waals surface area contributed by atoms with Crippen LogP contribution in [0.2, 0.25) is 0 Å². The molecular formula is C13H14N2O3S. The number of hydrogen-bond acceptors (Lipinski definition) is 5. The minimum Gasteiger partial charge on any atom is -0.487 e. The Labute approximate surface area is 115 Å². The summed E-state index contributed by atoms with van der Waals surface area (Å²) in [6.45, 7) is 2.40. The average Bonchev–Trinajstić information content (AvgIpc) is 2.83. The van der Waals surface area contributed by atoms with Gasteiger partial charge in [-0.15, -0.1) is 11.3 Å². The zero-order chi connectivity index (χ0) is 13.7. The molecule has 0 bridgehead atoms. The predicted octanol–water partition coefficient (Wildman–Crippen LogP) is 3.21. The van der Waals surface area contributed by atoms with Crippen LogP contribution < -0.4 is 10.1 Å². The summed E-state index contributed by atoms with van der Waals surface area (Å²) < 4.78 is 10.1. The van der Waals surface area contributed by atoms with Gasteiger partial charge in [-0.25, -0.2) is 9.78 Å². The van der Waals surface area contributed by atoms with Crippen LogP contribution in [0.25, 0.3) is 0 Å². The van der Waals surface area contributed by atoms with Gasteiger partial charge in [0.1, 0.15) is 12.4 Å². The van der Waals surface area contributed by atoms with Crippen LogP contribution >= 0.6 is 11.3 Å². The molecule has 1 aromatic heterocycles. The van der Waals surface area contributed by atoms with Gasteiger partial charge in [0.05, 0.1) is 17.8 Å². The van der Waals surface area contributed by atoms with Gasteiger partial charge in [-0.2, -0.15) is 0 Å². The third kappa shape index (κ3) is 3.96. The molecule has 0 unspecified atom stereocenters. The molecule has 19 heavy (non-hydrogen) atoms. The van der Waals surface area contributed by atoms with Gasteiger partial charge in [0, 0.05) is 11.1 Å². The maximum absolute atomic E-state index is 11.0. The van der Waals surface area contributed by atoms with Crippen LogP contribution in [-0.2, 0) is 11.3 Å². The number of benzene rings is 1. The predicted molar refractivity (Wildman–Crippen MR) is 73.7 cm³/mol. The van der Waals surface area contributed by atoms with Crippen molar-refractivity contribution in [3.63, 3.8) is 0 Å². The molecule has 5 nitrogen and oxygen atoms in total. The Kier molecular flexibility index (Phi) is 4.35. The Morgan fingerprint density at radius 3 is 2.68 bits per heavy atom. The Balaban J connectivity index is 1.89. The minimum atomic E-state index is -0.494. The molecule has 0 radical (unpaired) electrons. The molecule has 0 aliphatic rings. The number of rotatable bonds is 4. The summed E-state index contributed by atoms with van der Waals surface area (Å²) in [5.41, 5.74) is 1.57. The number of methoxy groups -OCH3 is 1. The van der Waals surface area contributed by atoms with E-state index in [1.165, 1.54) is 7.11 Å². The number of aryl methyl sites for hydroxylation is 1. The number of carbonyl (C=O) groups is 1. The zero-order valence-electron chi connectivity index (χ0n) is 10.7. The molecule has 0 aliphatic carbocycles. The highest BCUT2D eigenvalue weighted by molar-refractivity contribution is 7.09. The first-order chi connectivity index (χ1) is 9.17. The normalized spacial score (nSPS) is 10.0. The monoisotopic (exact) mass is 278 g/mol. The molecule has 1 heterocycles. The molecular weight excluding hydrogens is 264 g/mol. The van der Waals surface area contributed by atoms with Gasteiger partial charge in [-0.05, 0) is 31.2 Å². The van der Waals surface area contributed by atoms with E-state index in [0.717, 1.165) is 16.5 Å². The van der Waals surface area contributed by atoms with Crippen molar-refractivity contribution < 1.29 is 14.3 Å². The number of anilines is 1. The fraction of sp³-hybridized carbons (Fsp3) is 0.231. The third-order valence-corrected chi connectivity index (χ3v) is 3.16. The van der Waals surface area contributed by atoms with Crippen molar-refractivity contribution in [2.75, 3.05) is 12.4 Å². The van der Waals surface area contributed by atoms with E-state index >= 15 is 0 Å². The summed E-state index contributed by atoms with van der Waals surface area (Å²) in [4.78, 5) is 15.3. The highest BCUT2D eigenvalue weighted by atomic mass is 32.1. The van der Waals surface area contributed by atoms with Gasteiger partial charge in [0.2, 0.25) is 0 Å². The van der Waals surface area contributed by atoms with E-state index < -0.39 is 6.09 Å². The molecule has 0 saturated heterocycles. The lowest BCUT2D eigenvalue weighted by molar-refractivity contribution is 0.187. The SMILES string of the molecule is COC(=O)Nc1ccc(OCc2csc(C)n2)cc1. The lowest BCUT2D eigenvalue weighted by Crippen LogP contribution is -2.10. The molecule has 1 N–H and O–H groups in total. The minimum absolute atomic E-state index is 0.439. The Morgan fingerprint density at radius 1 is 1.37 bits per heavy atom. The van der Waals surface area contributed by atoms with Gasteiger partial charge in [-0.3, -0.25) is 5.32 Å². The zero-order valence-corrected chi connectivity index (χ0v) is 11.5. The van der Waals surface area contributed by atoms with E-state index in [-0.39, 0.29) is 0 Å². The highest BCUT2D eigenvalue weighted by Gasteiger charge is 2.02. The number of nitrogens with zero attached hydrogens (tertiary/aromatic N) is 1. The second kappa shape index (κ2) is 6.19. The van der Waals surface area contributed by atoms with Crippen LogP contribution in [0.5, 0.6) is 5.75 Å². The van der Waals surface area contributed by atoms with E-state index in [2.05, 4.69) is 15.0 Å². The fourth-order valence-electron chi connectivity index (χ4n) is 1.44. The molecule has 2 rings (SSSR count). The van der Waals surface area contributed by atoms with Crippen molar-refractivity contribution in [3.05, 3.63) is 40.3 Å². The molecule has 0 fully saturated rings. The van der Waals surface area contributed by atoms with Crippen molar-refractivity contribution in [2.45, 2.75) is 13.5 Å². The van der Waals surface area contributed by atoms with Crippen LogP contribution in [0.1, 0.15) is 10.7 Å². The van der Waals surface area contributed by atoms with Crippen molar-refractivity contribution in [3.8, 4) is 5.75 Å². The van der Waals surface area contributed by atoms with Gasteiger partial charge >= 0.3 is 6.09 Å². The maximum atomic E-state index is 11.0. The number of hydrogen-bond donors (Lipinski definition) is 1. The summed E-state index contributed by atoms with van der Waals surface area (Å²) in [6, 6.07) is 7.06. The first-order valence-electron chi connectivity index (χ1n) is 5.66. The first-order valence-corrected chi connectivity index (χ1v) is 6.54. The third-order valence-electron chi connectivity index (χ3n) is 2.34. The van der Waals surface area contributed by atoms with E-state index in [1.54, 1.807) is 35.6 Å². The Morgan fingerprint density at radius 2 is 2.11 bits per heavy atom. The van der Waals surface area contributed by atoms with Crippen molar-refractivity contribution in [1.29, 1.82) is 0 Å². The Bertz CT molecular complexity index is 551. The van der Waals surface area contributed by atoms with Crippen LogP contribution in [0.15, 0.2) is 29.6 Å². The summed E-state index contributed by atoms with van der Waals surface area (Å²) >= 11 is 1.60. The highest BCUT2D eigenvalue weighted by Crippen LogP contribution is 2.17. The Hall–Kier alpha value is -2.08. The summed E-state index contributed by atoms with van der Waals surface area (Å²) in [5, 5.41) is 5.57. The topological polar surface area (TPSA) is 60.5 Å². The lowest BCUT2D eigenvalue weighted by Gasteiger charge is -2.06. The molecule has 1 aromatic carbocycles. The molecule has 0 atom stereocenters. The number of amides is 1. The van der Waals surface area contributed by atoms with Crippen molar-refractivity contribution in [1.82, 2.24) is 4.98 Å². The van der Waals surface area contributed by atoms with Gasteiger partial charge < -0.3 is 9.47 Å². The van der Waals surface area contributed by atoms with E-state index in [1.807, 2.05) is 12.3 Å². The number of aromatic nitrogens is 1. The van der Waals surface area contributed by atoms with Crippen LogP contribution in [0, 0.1) is 6.92 Å². The largest absolute Gasteiger partial charge is 0.487 e. The van der Waals surface area contributed by atoms with Crippen molar-refractivity contribution in [2.24, 2.45) is 0 Å². The number of nitrogens with one attached hydrogen (secondary N) is 1. The molecule has 0 spiro atoms. The molecule has 2 aromatic rings. The molecule has 6 heteroatoms. The standard InChI is InChI=1S/C13H14N2O3S/c1-9-14-11(8-19-9)7-18-12-5-3-10(4-6-12)15-13(16)17-2/h3-6,8H,7H2,1-2H3,(H,15,16). The molecule has 0 aliphatic heterocycles. The smallest absolute Gasteiger partial charge is 0.411 e. The second-order valence-electron chi connectivity index (χ2n) is 3.79. The van der Waals surface area contributed by atoms with E-state index in [4.69, 9.17) is 4.74 Å². The molecule has 1 amide bonds. The van der Waals surface area contributed by atoms with E-state index in [0.29, 0.717) is 12.3 Å². The van der Waals surface area contributed by atoms with Crippen LogP contribution in [-0.4, -0.2) is 18.2 Å². The summed E-state index contributed by atoms with van der Waals surface area (Å²) in [6.07, 6.45) is -0.494. The number of ether oxygens (including phenoxy) is 2. The first kappa shape index (κ1) is 13.4. The lowest BCUT2D eigenvalue weighted by atomic mass is 10.3. The maximum Gasteiger partial charge on any atom is 0.411 e. The van der Waals surface area contributed by atoms with Crippen molar-refractivity contribution >= 4 is 23.1 Å². The van der Waals surface area contributed by atoms with Crippen LogP contribution in [0.3, 0.4) is 0 Å². The van der Waals surface area contributed by atoms with Gasteiger partial charge in [0.15, 0.2) is 0 Å². The van der Waals surface area contributed by atoms with Crippen LogP contribution in [0.4, 0.5) is 10.5 Å². The fourth-order valence-corrected chi connectivity index (χ4v) is 2.03. The summed E-state index contributed by atoms with van der Waals surface area (Å²) in [7, 11) is 1.32. The van der Waals surface area contributed by atoms with Gasteiger partial charge in [-0.1, -0.05) is 0 Å². The average molecular weight is 278 g/mol. The quantitative estimate of drug-likeness (QED) is 0.933. The number of carbonyl (C=O) groups excluding carboxylic acids is 1. The second-order valence-corrected chi connectivity index (χ2v) is 4.85. The summed E-state index contributed by atoms with van der Waals surface area (Å²) in [5.74, 6) is 0.723. The molecule has 100 valence electrons.